The molecule has 0 bridgehead atoms. The highest BCUT2D eigenvalue weighted by Crippen LogP contribution is 2.25. The number of hydrogen-bond donors (Lipinski definition) is 1. The number of sulfonamides is 1. The zero-order valence-electron chi connectivity index (χ0n) is 14.3. The van der Waals surface area contributed by atoms with Gasteiger partial charge in [-0.2, -0.15) is 4.72 Å². The fraction of sp³-hybridized carbons (Fsp3) is 0.278. The molecule has 1 N–H and O–H groups in total. The molecule has 0 aliphatic carbocycles. The first-order valence-electron chi connectivity index (χ1n) is 8.05. The van der Waals surface area contributed by atoms with Crippen LogP contribution in [0.4, 0.5) is 14.5 Å². The first-order valence-corrected chi connectivity index (χ1v) is 9.53. The number of nitrogens with one attached hydrogen (secondary N) is 1. The van der Waals surface area contributed by atoms with Crippen LogP contribution in [0, 0.1) is 25.5 Å². The fourth-order valence-electron chi connectivity index (χ4n) is 2.88. The minimum absolute atomic E-state index is 0.0970. The number of benzene rings is 2. The molecule has 1 heterocycles. The molecule has 0 radical (unpaired) electrons. The average Bonchev–Trinajstić information content (AvgIpc) is 2.93. The molecule has 138 valence electrons. The number of nitrogens with zero attached hydrogens (tertiary/aromatic N) is 1. The minimum Gasteiger partial charge on any atom is -0.311 e. The van der Waals surface area contributed by atoms with E-state index in [0.29, 0.717) is 17.8 Å². The van der Waals surface area contributed by atoms with E-state index < -0.39 is 27.8 Å². The lowest BCUT2D eigenvalue weighted by Gasteiger charge is -2.18. The number of hydrogen-bond acceptors (Lipinski definition) is 3. The topological polar surface area (TPSA) is 66.5 Å². The highest BCUT2D eigenvalue weighted by atomic mass is 32.2. The van der Waals surface area contributed by atoms with Crippen LogP contribution in [-0.2, 0) is 14.8 Å². The third kappa shape index (κ3) is 3.47. The summed E-state index contributed by atoms with van der Waals surface area (Å²) < 4.78 is 54.1. The number of anilines is 1. The Bertz CT molecular complexity index is 976. The van der Waals surface area contributed by atoms with Crippen LogP contribution in [-0.4, -0.2) is 26.9 Å². The van der Waals surface area contributed by atoms with Gasteiger partial charge in [0.25, 0.3) is 0 Å². The Labute approximate surface area is 150 Å². The van der Waals surface area contributed by atoms with Gasteiger partial charge in [0.1, 0.15) is 17.7 Å². The summed E-state index contributed by atoms with van der Waals surface area (Å²) in [5.41, 5.74) is 1.13. The van der Waals surface area contributed by atoms with Crippen molar-refractivity contribution in [2.24, 2.45) is 0 Å². The van der Waals surface area contributed by atoms with E-state index in [1.165, 1.54) is 30.0 Å². The Balaban J connectivity index is 1.79. The second kappa shape index (κ2) is 6.77. The Morgan fingerprint density at radius 3 is 2.27 bits per heavy atom. The molecule has 0 aromatic heterocycles. The van der Waals surface area contributed by atoms with Crippen LogP contribution < -0.4 is 9.62 Å². The molecule has 8 heteroatoms. The van der Waals surface area contributed by atoms with Gasteiger partial charge in [0, 0.05) is 12.2 Å². The maximum atomic E-state index is 13.4. The molecule has 0 spiro atoms. The van der Waals surface area contributed by atoms with Crippen molar-refractivity contribution in [3.8, 4) is 0 Å². The second-order valence-electron chi connectivity index (χ2n) is 6.30. The van der Waals surface area contributed by atoms with Crippen molar-refractivity contribution in [3.05, 3.63) is 59.2 Å². The SMILES string of the molecule is Cc1cc(N2CCC(NS(=O)(=O)c3ccc(F)c(C)c3)C2=O)ccc1F. The standard InChI is InChI=1S/C18H18F2N2O3S/c1-11-9-13(3-5-15(11)19)22-8-7-17(18(22)23)21-26(24,25)14-4-6-16(20)12(2)10-14/h3-6,9-10,17,21H,7-8H2,1-2H3. The molecule has 1 aliphatic rings. The van der Waals surface area contributed by atoms with E-state index in [9.17, 15) is 22.0 Å². The summed E-state index contributed by atoms with van der Waals surface area (Å²) in [5.74, 6) is -1.28. The molecule has 5 nitrogen and oxygen atoms in total. The van der Waals surface area contributed by atoms with Crippen molar-refractivity contribution in [3.63, 3.8) is 0 Å². The van der Waals surface area contributed by atoms with Crippen molar-refractivity contribution in [1.82, 2.24) is 4.72 Å². The first-order chi connectivity index (χ1) is 12.2. The Kier molecular flexibility index (Phi) is 4.81. The van der Waals surface area contributed by atoms with Gasteiger partial charge in [-0.05, 0) is 67.8 Å². The quantitative estimate of drug-likeness (QED) is 0.887. The van der Waals surface area contributed by atoms with Gasteiger partial charge in [0.15, 0.2) is 0 Å². The number of rotatable bonds is 4. The molecule has 1 unspecified atom stereocenters. The molecule has 2 aromatic carbocycles. The van der Waals surface area contributed by atoms with Gasteiger partial charge in [-0.3, -0.25) is 4.79 Å². The summed E-state index contributed by atoms with van der Waals surface area (Å²) in [6.07, 6.45) is 0.286. The number of halogens is 2. The molecule has 1 aliphatic heterocycles. The second-order valence-corrected chi connectivity index (χ2v) is 8.01. The predicted octanol–water partition coefficient (Wildman–Crippen LogP) is 2.67. The van der Waals surface area contributed by atoms with Crippen LogP contribution >= 0.6 is 0 Å². The number of amides is 1. The normalized spacial score (nSPS) is 17.8. The average molecular weight is 380 g/mol. The van der Waals surface area contributed by atoms with Crippen molar-refractivity contribution in [2.75, 3.05) is 11.4 Å². The molecule has 0 saturated carbocycles. The molecule has 1 atom stereocenters. The molecule has 1 saturated heterocycles. The molecule has 1 fully saturated rings. The lowest BCUT2D eigenvalue weighted by atomic mass is 10.2. The third-order valence-electron chi connectivity index (χ3n) is 4.40. The van der Waals surface area contributed by atoms with Crippen molar-refractivity contribution < 1.29 is 22.0 Å². The summed E-state index contributed by atoms with van der Waals surface area (Å²) in [6.45, 7) is 3.38. The van der Waals surface area contributed by atoms with Gasteiger partial charge in [-0.1, -0.05) is 0 Å². The van der Waals surface area contributed by atoms with E-state index in [-0.39, 0.29) is 22.7 Å². The number of carbonyl (C=O) groups is 1. The first kappa shape index (κ1) is 18.5. The zero-order chi connectivity index (χ0) is 19.1. The molecule has 26 heavy (non-hydrogen) atoms. The van der Waals surface area contributed by atoms with Crippen LogP contribution in [0.2, 0.25) is 0 Å². The van der Waals surface area contributed by atoms with E-state index >= 15 is 0 Å². The van der Waals surface area contributed by atoms with E-state index in [4.69, 9.17) is 0 Å². The van der Waals surface area contributed by atoms with Crippen LogP contribution in [0.1, 0.15) is 17.5 Å². The Hall–Kier alpha value is -2.32. The van der Waals surface area contributed by atoms with Crippen LogP contribution in [0.5, 0.6) is 0 Å². The van der Waals surface area contributed by atoms with E-state index in [0.717, 1.165) is 12.1 Å². The van der Waals surface area contributed by atoms with E-state index in [2.05, 4.69) is 4.72 Å². The molecule has 2 aromatic rings. The molecule has 3 rings (SSSR count). The third-order valence-corrected chi connectivity index (χ3v) is 5.87. The zero-order valence-corrected chi connectivity index (χ0v) is 15.1. The highest BCUT2D eigenvalue weighted by molar-refractivity contribution is 7.89. The lowest BCUT2D eigenvalue weighted by molar-refractivity contribution is -0.118. The maximum Gasteiger partial charge on any atom is 0.245 e. The monoisotopic (exact) mass is 380 g/mol. The minimum atomic E-state index is -3.96. The summed E-state index contributed by atoms with van der Waals surface area (Å²) in [5, 5.41) is 0. The van der Waals surface area contributed by atoms with E-state index in [1.54, 1.807) is 13.0 Å². The maximum absolute atomic E-state index is 13.4. The van der Waals surface area contributed by atoms with Crippen molar-refractivity contribution >= 4 is 21.6 Å². The predicted molar refractivity (Wildman–Crippen MR) is 93.4 cm³/mol. The van der Waals surface area contributed by atoms with Gasteiger partial charge in [0.05, 0.1) is 4.90 Å². The highest BCUT2D eigenvalue weighted by Gasteiger charge is 2.35. The van der Waals surface area contributed by atoms with Crippen LogP contribution in [0.15, 0.2) is 41.3 Å². The summed E-state index contributed by atoms with van der Waals surface area (Å²) in [6, 6.07) is 6.85. The summed E-state index contributed by atoms with van der Waals surface area (Å²) >= 11 is 0. The Morgan fingerprint density at radius 2 is 1.65 bits per heavy atom. The van der Waals surface area contributed by atoms with Gasteiger partial charge >= 0.3 is 0 Å². The fourth-order valence-corrected chi connectivity index (χ4v) is 4.19. The van der Waals surface area contributed by atoms with Gasteiger partial charge < -0.3 is 4.90 Å². The van der Waals surface area contributed by atoms with E-state index in [1.807, 2.05) is 0 Å². The van der Waals surface area contributed by atoms with Crippen LogP contribution in [0.3, 0.4) is 0 Å². The number of aryl methyl sites for hydroxylation is 2. The van der Waals surface area contributed by atoms with Crippen LogP contribution in [0.25, 0.3) is 0 Å². The Morgan fingerprint density at radius 1 is 1.04 bits per heavy atom. The van der Waals surface area contributed by atoms with Gasteiger partial charge in [0.2, 0.25) is 15.9 Å². The van der Waals surface area contributed by atoms with Gasteiger partial charge in [-0.25, -0.2) is 17.2 Å². The van der Waals surface area contributed by atoms with Crippen molar-refractivity contribution in [2.45, 2.75) is 31.2 Å². The summed E-state index contributed by atoms with van der Waals surface area (Å²) in [4.78, 5) is 13.9. The van der Waals surface area contributed by atoms with Crippen molar-refractivity contribution in [1.29, 1.82) is 0 Å². The summed E-state index contributed by atoms with van der Waals surface area (Å²) in [7, 11) is -3.96. The smallest absolute Gasteiger partial charge is 0.245 e. The lowest BCUT2D eigenvalue weighted by Crippen LogP contribution is -2.41. The molecular weight excluding hydrogens is 362 g/mol. The van der Waals surface area contributed by atoms with Gasteiger partial charge in [-0.15, -0.1) is 0 Å². The number of carbonyl (C=O) groups excluding carboxylic acids is 1. The largest absolute Gasteiger partial charge is 0.311 e. The molecular formula is C18H18F2N2O3S. The molecule has 1 amide bonds.